The van der Waals surface area contributed by atoms with E-state index in [9.17, 15) is 0 Å². The van der Waals surface area contributed by atoms with Gasteiger partial charge in [0, 0.05) is 25.0 Å². The van der Waals surface area contributed by atoms with Crippen LogP contribution in [0.3, 0.4) is 0 Å². The van der Waals surface area contributed by atoms with Gasteiger partial charge in [-0.05, 0) is 44.4 Å². The third-order valence-electron chi connectivity index (χ3n) is 3.35. The molecule has 0 fully saturated rings. The zero-order valence-corrected chi connectivity index (χ0v) is 10.3. The van der Waals surface area contributed by atoms with Gasteiger partial charge < -0.3 is 14.6 Å². The minimum Gasteiger partial charge on any atom is -0.361 e. The molecule has 3 heteroatoms. The molecule has 3 nitrogen and oxygen atoms in total. The van der Waals surface area contributed by atoms with Crippen molar-refractivity contribution in [2.24, 2.45) is 0 Å². The summed E-state index contributed by atoms with van der Waals surface area (Å²) < 4.78 is 7.61. The molecule has 1 aliphatic carbocycles. The van der Waals surface area contributed by atoms with E-state index in [0.717, 1.165) is 6.61 Å². The predicted octanol–water partition coefficient (Wildman–Crippen LogP) is 2.47. The van der Waals surface area contributed by atoms with Crippen LogP contribution in [-0.2, 0) is 17.9 Å². The minimum atomic E-state index is 0.528. The van der Waals surface area contributed by atoms with Gasteiger partial charge in [-0.25, -0.2) is 0 Å². The van der Waals surface area contributed by atoms with Crippen molar-refractivity contribution in [3.8, 4) is 0 Å². The van der Waals surface area contributed by atoms with Gasteiger partial charge in [0.2, 0.25) is 0 Å². The summed E-state index contributed by atoms with van der Waals surface area (Å²) in [4.78, 5) is 0. The number of ether oxygens (including phenoxy) is 1. The van der Waals surface area contributed by atoms with Gasteiger partial charge in [0.25, 0.3) is 0 Å². The highest BCUT2D eigenvalue weighted by Crippen LogP contribution is 2.29. The summed E-state index contributed by atoms with van der Waals surface area (Å²) in [6, 6.07) is 0.528. The van der Waals surface area contributed by atoms with Crippen molar-refractivity contribution in [1.29, 1.82) is 0 Å². The first kappa shape index (κ1) is 11.7. The largest absolute Gasteiger partial charge is 0.361 e. The molecule has 90 valence electrons. The van der Waals surface area contributed by atoms with Crippen LogP contribution in [0.25, 0.3) is 0 Å². The van der Waals surface area contributed by atoms with Gasteiger partial charge in [-0.3, -0.25) is 0 Å². The standard InChI is InChI=1S/C13H22N2O/c1-3-16-10-15-8-11-6-4-5-7-13(14-2)12(11)9-15/h8-9,13-14H,3-7,10H2,1-2H3. The number of nitrogens with one attached hydrogen (secondary N) is 1. The lowest BCUT2D eigenvalue weighted by molar-refractivity contribution is 0.0879. The molecule has 1 N–H and O–H groups in total. The van der Waals surface area contributed by atoms with E-state index >= 15 is 0 Å². The lowest BCUT2D eigenvalue weighted by Crippen LogP contribution is -2.15. The maximum absolute atomic E-state index is 5.44. The van der Waals surface area contributed by atoms with E-state index in [0.29, 0.717) is 12.8 Å². The van der Waals surface area contributed by atoms with Gasteiger partial charge in [-0.2, -0.15) is 0 Å². The molecular formula is C13H22N2O. The third kappa shape index (κ3) is 2.47. The number of hydrogen-bond donors (Lipinski definition) is 1. The summed E-state index contributed by atoms with van der Waals surface area (Å²) in [7, 11) is 2.06. The van der Waals surface area contributed by atoms with Crippen LogP contribution in [0.15, 0.2) is 12.4 Å². The summed E-state index contributed by atoms with van der Waals surface area (Å²) >= 11 is 0. The summed E-state index contributed by atoms with van der Waals surface area (Å²) in [6.07, 6.45) is 9.60. The molecule has 2 rings (SSSR count). The van der Waals surface area contributed by atoms with Crippen molar-refractivity contribution >= 4 is 0 Å². The van der Waals surface area contributed by atoms with Gasteiger partial charge in [-0.1, -0.05) is 6.42 Å². The number of hydrogen-bond acceptors (Lipinski definition) is 2. The van der Waals surface area contributed by atoms with Crippen LogP contribution in [0.1, 0.15) is 43.4 Å². The van der Waals surface area contributed by atoms with Crippen LogP contribution in [-0.4, -0.2) is 18.2 Å². The average molecular weight is 222 g/mol. The zero-order chi connectivity index (χ0) is 11.4. The Morgan fingerprint density at radius 3 is 3.06 bits per heavy atom. The van der Waals surface area contributed by atoms with Crippen LogP contribution >= 0.6 is 0 Å². The van der Waals surface area contributed by atoms with E-state index in [-0.39, 0.29) is 0 Å². The molecule has 0 radical (unpaired) electrons. The van der Waals surface area contributed by atoms with E-state index < -0.39 is 0 Å². The maximum atomic E-state index is 5.44. The van der Waals surface area contributed by atoms with Gasteiger partial charge in [-0.15, -0.1) is 0 Å². The van der Waals surface area contributed by atoms with Crippen molar-refractivity contribution in [2.75, 3.05) is 13.7 Å². The normalized spacial score (nSPS) is 20.5. The van der Waals surface area contributed by atoms with Crippen molar-refractivity contribution in [1.82, 2.24) is 9.88 Å². The number of rotatable bonds is 4. The molecule has 0 saturated carbocycles. The van der Waals surface area contributed by atoms with E-state index in [1.165, 1.54) is 36.8 Å². The Morgan fingerprint density at radius 1 is 1.44 bits per heavy atom. The number of nitrogens with zero attached hydrogens (tertiary/aromatic N) is 1. The fourth-order valence-electron chi connectivity index (χ4n) is 2.49. The summed E-state index contributed by atoms with van der Waals surface area (Å²) in [5, 5.41) is 3.42. The monoisotopic (exact) mass is 222 g/mol. The van der Waals surface area contributed by atoms with Gasteiger partial charge in [0.1, 0.15) is 6.73 Å². The topological polar surface area (TPSA) is 26.2 Å². The Morgan fingerprint density at radius 2 is 2.31 bits per heavy atom. The van der Waals surface area contributed by atoms with Gasteiger partial charge in [0.05, 0.1) is 0 Å². The van der Waals surface area contributed by atoms with E-state index in [1.807, 2.05) is 6.92 Å². The first-order chi connectivity index (χ1) is 7.85. The summed E-state index contributed by atoms with van der Waals surface area (Å²) in [5.74, 6) is 0. The van der Waals surface area contributed by atoms with Gasteiger partial charge in [0.15, 0.2) is 0 Å². The lowest BCUT2D eigenvalue weighted by Gasteiger charge is -2.13. The maximum Gasteiger partial charge on any atom is 0.122 e. The first-order valence-corrected chi connectivity index (χ1v) is 6.28. The lowest BCUT2D eigenvalue weighted by atomic mass is 10.1. The Hall–Kier alpha value is -0.800. The van der Waals surface area contributed by atoms with Crippen molar-refractivity contribution in [3.05, 3.63) is 23.5 Å². The molecular weight excluding hydrogens is 200 g/mol. The van der Waals surface area contributed by atoms with E-state index in [2.05, 4.69) is 29.3 Å². The van der Waals surface area contributed by atoms with Crippen molar-refractivity contribution < 1.29 is 4.74 Å². The van der Waals surface area contributed by atoms with E-state index in [1.54, 1.807) is 0 Å². The Balaban J connectivity index is 2.16. The molecule has 1 atom stereocenters. The highest BCUT2D eigenvalue weighted by Gasteiger charge is 2.18. The molecule has 0 aromatic carbocycles. The third-order valence-corrected chi connectivity index (χ3v) is 3.35. The molecule has 1 heterocycles. The highest BCUT2D eigenvalue weighted by molar-refractivity contribution is 5.29. The van der Waals surface area contributed by atoms with Gasteiger partial charge >= 0.3 is 0 Å². The van der Waals surface area contributed by atoms with Crippen LogP contribution in [0, 0.1) is 0 Å². The predicted molar refractivity (Wildman–Crippen MR) is 65.4 cm³/mol. The number of aromatic nitrogens is 1. The summed E-state index contributed by atoms with van der Waals surface area (Å²) in [6.45, 7) is 3.49. The average Bonchev–Trinajstić information content (AvgIpc) is 2.61. The SMILES string of the molecule is CCOCn1cc2c(c1)C(NC)CCCC2. The number of aryl methyl sites for hydroxylation is 1. The molecule has 1 aromatic rings. The number of fused-ring (bicyclic) bond motifs is 1. The highest BCUT2D eigenvalue weighted by atomic mass is 16.5. The fourth-order valence-corrected chi connectivity index (χ4v) is 2.49. The van der Waals surface area contributed by atoms with Crippen molar-refractivity contribution in [2.45, 2.75) is 45.4 Å². The molecule has 0 amide bonds. The molecule has 0 spiro atoms. The molecule has 0 bridgehead atoms. The molecule has 1 aromatic heterocycles. The second kappa shape index (κ2) is 5.51. The second-order valence-corrected chi connectivity index (χ2v) is 4.46. The Kier molecular flexibility index (Phi) is 4.02. The Bertz CT molecular complexity index is 333. The van der Waals surface area contributed by atoms with Crippen LogP contribution in [0.5, 0.6) is 0 Å². The zero-order valence-electron chi connectivity index (χ0n) is 10.3. The van der Waals surface area contributed by atoms with Crippen LogP contribution in [0.2, 0.25) is 0 Å². The van der Waals surface area contributed by atoms with Crippen LogP contribution in [0.4, 0.5) is 0 Å². The smallest absolute Gasteiger partial charge is 0.122 e. The molecule has 0 saturated heterocycles. The van der Waals surface area contributed by atoms with Crippen LogP contribution < -0.4 is 5.32 Å². The van der Waals surface area contributed by atoms with E-state index in [4.69, 9.17) is 4.74 Å². The fraction of sp³-hybridized carbons (Fsp3) is 0.692. The summed E-state index contributed by atoms with van der Waals surface area (Å²) in [5.41, 5.74) is 2.97. The second-order valence-electron chi connectivity index (χ2n) is 4.46. The van der Waals surface area contributed by atoms with Crippen molar-refractivity contribution in [3.63, 3.8) is 0 Å². The Labute approximate surface area is 97.8 Å². The molecule has 0 aliphatic heterocycles. The molecule has 16 heavy (non-hydrogen) atoms. The minimum absolute atomic E-state index is 0.528. The molecule has 1 unspecified atom stereocenters. The first-order valence-electron chi connectivity index (χ1n) is 6.28. The molecule has 1 aliphatic rings. The quantitative estimate of drug-likeness (QED) is 0.792.